The quantitative estimate of drug-likeness (QED) is 0.724. The summed E-state index contributed by atoms with van der Waals surface area (Å²) in [4.78, 5) is 14.0. The van der Waals surface area contributed by atoms with Gasteiger partial charge in [0, 0.05) is 24.8 Å². The van der Waals surface area contributed by atoms with E-state index >= 15 is 0 Å². The number of carbonyl (C=O) groups is 1. The second kappa shape index (κ2) is 7.71. The second-order valence-electron chi connectivity index (χ2n) is 4.59. The van der Waals surface area contributed by atoms with Gasteiger partial charge >= 0.3 is 0 Å². The van der Waals surface area contributed by atoms with Crippen LogP contribution in [0.4, 0.5) is 5.69 Å². The smallest absolute Gasteiger partial charge is 0.251 e. The van der Waals surface area contributed by atoms with Crippen LogP contribution in [0.1, 0.15) is 23.2 Å². The van der Waals surface area contributed by atoms with Gasteiger partial charge in [0.2, 0.25) is 0 Å². The molecule has 0 aliphatic carbocycles. The predicted molar refractivity (Wildman–Crippen MR) is 76.1 cm³/mol. The molecule has 18 heavy (non-hydrogen) atoms. The molecule has 0 saturated heterocycles. The molecule has 1 aromatic rings. The number of amides is 1. The zero-order valence-corrected chi connectivity index (χ0v) is 11.5. The summed E-state index contributed by atoms with van der Waals surface area (Å²) in [6, 6.07) is 7.48. The molecule has 0 aromatic heterocycles. The average Bonchev–Trinajstić information content (AvgIpc) is 2.38. The van der Waals surface area contributed by atoms with E-state index in [1.807, 2.05) is 31.3 Å². The van der Waals surface area contributed by atoms with Crippen LogP contribution in [-0.2, 0) is 0 Å². The molecule has 0 atom stereocenters. The van der Waals surface area contributed by atoms with Gasteiger partial charge in [-0.2, -0.15) is 0 Å². The molecule has 0 heterocycles. The van der Waals surface area contributed by atoms with Gasteiger partial charge in [0.25, 0.3) is 5.91 Å². The molecule has 0 fully saturated rings. The van der Waals surface area contributed by atoms with Crippen LogP contribution in [0, 0.1) is 0 Å². The fourth-order valence-electron chi connectivity index (χ4n) is 1.65. The van der Waals surface area contributed by atoms with Gasteiger partial charge in [-0.25, -0.2) is 0 Å². The minimum atomic E-state index is 0.00232. The summed E-state index contributed by atoms with van der Waals surface area (Å²) in [7, 11) is 5.98. The summed E-state index contributed by atoms with van der Waals surface area (Å²) >= 11 is 0. The third kappa shape index (κ3) is 5.19. The molecular formula is C14H23N3O. The Morgan fingerprint density at radius 1 is 1.17 bits per heavy atom. The zero-order valence-electron chi connectivity index (χ0n) is 11.5. The van der Waals surface area contributed by atoms with Crippen LogP contribution in [0.5, 0.6) is 0 Å². The molecule has 1 aromatic carbocycles. The molecule has 0 aliphatic heterocycles. The molecule has 0 saturated carbocycles. The molecule has 0 radical (unpaired) electrons. The van der Waals surface area contributed by atoms with Crippen molar-refractivity contribution in [2.75, 3.05) is 39.5 Å². The van der Waals surface area contributed by atoms with Gasteiger partial charge in [0.05, 0.1) is 0 Å². The molecule has 4 heteroatoms. The van der Waals surface area contributed by atoms with Crippen molar-refractivity contribution in [3.63, 3.8) is 0 Å². The number of hydrogen-bond acceptors (Lipinski definition) is 3. The van der Waals surface area contributed by atoms with E-state index in [9.17, 15) is 4.79 Å². The number of carbonyl (C=O) groups excluding carboxylic acids is 1. The first-order chi connectivity index (χ1) is 8.63. The molecule has 0 aliphatic rings. The van der Waals surface area contributed by atoms with Gasteiger partial charge in [0.1, 0.15) is 0 Å². The summed E-state index contributed by atoms with van der Waals surface area (Å²) in [5.74, 6) is 0.00232. The lowest BCUT2D eigenvalue weighted by Gasteiger charge is -2.09. The Labute approximate surface area is 109 Å². The largest absolute Gasteiger partial charge is 0.388 e. The lowest BCUT2D eigenvalue weighted by molar-refractivity contribution is 0.0953. The average molecular weight is 249 g/mol. The summed E-state index contributed by atoms with van der Waals surface area (Å²) in [6.45, 7) is 1.80. The van der Waals surface area contributed by atoms with E-state index in [1.54, 1.807) is 0 Å². The Kier molecular flexibility index (Phi) is 6.22. The lowest BCUT2D eigenvalue weighted by atomic mass is 10.2. The monoisotopic (exact) mass is 249 g/mol. The normalized spacial score (nSPS) is 10.4. The van der Waals surface area contributed by atoms with Gasteiger partial charge in [0.15, 0.2) is 0 Å². The van der Waals surface area contributed by atoms with E-state index in [4.69, 9.17) is 0 Å². The number of rotatable bonds is 7. The summed E-state index contributed by atoms with van der Waals surface area (Å²) < 4.78 is 0. The molecule has 4 nitrogen and oxygen atoms in total. The van der Waals surface area contributed by atoms with Gasteiger partial charge in [-0.1, -0.05) is 0 Å². The van der Waals surface area contributed by atoms with Crippen molar-refractivity contribution in [3.8, 4) is 0 Å². The maximum absolute atomic E-state index is 11.8. The summed E-state index contributed by atoms with van der Waals surface area (Å²) in [6.07, 6.45) is 2.12. The number of anilines is 1. The minimum absolute atomic E-state index is 0.00232. The van der Waals surface area contributed by atoms with Crippen molar-refractivity contribution < 1.29 is 4.79 Å². The standard InChI is InChI=1S/C14H23N3O/c1-15-13-8-6-12(7-9-13)14(18)16-10-4-5-11-17(2)3/h6-9,15H,4-5,10-11H2,1-3H3,(H,16,18). The fraction of sp³-hybridized carbons (Fsp3) is 0.500. The zero-order chi connectivity index (χ0) is 13.4. The van der Waals surface area contributed by atoms with Gasteiger partial charge in [-0.3, -0.25) is 4.79 Å². The third-order valence-electron chi connectivity index (χ3n) is 2.75. The summed E-state index contributed by atoms with van der Waals surface area (Å²) in [5.41, 5.74) is 1.72. The Bertz CT molecular complexity index is 360. The van der Waals surface area contributed by atoms with Crippen molar-refractivity contribution in [1.29, 1.82) is 0 Å². The highest BCUT2D eigenvalue weighted by molar-refractivity contribution is 5.94. The Hall–Kier alpha value is -1.55. The highest BCUT2D eigenvalue weighted by Gasteiger charge is 2.03. The van der Waals surface area contributed by atoms with E-state index < -0.39 is 0 Å². The topological polar surface area (TPSA) is 44.4 Å². The first-order valence-corrected chi connectivity index (χ1v) is 6.34. The first kappa shape index (κ1) is 14.5. The van der Waals surface area contributed by atoms with Crippen molar-refractivity contribution in [2.45, 2.75) is 12.8 Å². The molecule has 0 spiro atoms. The van der Waals surface area contributed by atoms with E-state index in [1.165, 1.54) is 0 Å². The second-order valence-corrected chi connectivity index (χ2v) is 4.59. The molecule has 100 valence electrons. The molecular weight excluding hydrogens is 226 g/mol. The predicted octanol–water partition coefficient (Wildman–Crippen LogP) is 1.80. The molecule has 2 N–H and O–H groups in total. The van der Waals surface area contributed by atoms with E-state index in [0.717, 1.165) is 31.6 Å². The lowest BCUT2D eigenvalue weighted by Crippen LogP contribution is -2.25. The number of benzene rings is 1. The van der Waals surface area contributed by atoms with E-state index in [0.29, 0.717) is 5.56 Å². The minimum Gasteiger partial charge on any atom is -0.388 e. The highest BCUT2D eigenvalue weighted by Crippen LogP contribution is 2.08. The van der Waals surface area contributed by atoms with Gasteiger partial charge in [-0.05, 0) is 57.7 Å². The number of unbranched alkanes of at least 4 members (excludes halogenated alkanes) is 1. The van der Waals surface area contributed by atoms with Crippen LogP contribution in [-0.4, -0.2) is 45.0 Å². The van der Waals surface area contributed by atoms with Crippen LogP contribution in [0.25, 0.3) is 0 Å². The van der Waals surface area contributed by atoms with Crippen molar-refractivity contribution >= 4 is 11.6 Å². The first-order valence-electron chi connectivity index (χ1n) is 6.34. The molecule has 1 amide bonds. The van der Waals surface area contributed by atoms with E-state index in [2.05, 4.69) is 29.6 Å². The molecule has 1 rings (SSSR count). The van der Waals surface area contributed by atoms with Gasteiger partial charge < -0.3 is 15.5 Å². The van der Waals surface area contributed by atoms with Crippen LogP contribution >= 0.6 is 0 Å². The summed E-state index contributed by atoms with van der Waals surface area (Å²) in [5, 5.41) is 5.96. The van der Waals surface area contributed by atoms with E-state index in [-0.39, 0.29) is 5.91 Å². The molecule has 0 bridgehead atoms. The van der Waals surface area contributed by atoms with Crippen LogP contribution in [0.3, 0.4) is 0 Å². The van der Waals surface area contributed by atoms with Crippen LogP contribution in [0.2, 0.25) is 0 Å². The maximum atomic E-state index is 11.8. The van der Waals surface area contributed by atoms with Crippen LogP contribution < -0.4 is 10.6 Å². The number of hydrogen-bond donors (Lipinski definition) is 2. The Morgan fingerprint density at radius 2 is 1.83 bits per heavy atom. The highest BCUT2D eigenvalue weighted by atomic mass is 16.1. The third-order valence-corrected chi connectivity index (χ3v) is 2.75. The number of nitrogens with one attached hydrogen (secondary N) is 2. The van der Waals surface area contributed by atoms with Crippen molar-refractivity contribution in [1.82, 2.24) is 10.2 Å². The fourth-order valence-corrected chi connectivity index (χ4v) is 1.65. The Morgan fingerprint density at radius 3 is 2.39 bits per heavy atom. The Balaban J connectivity index is 2.27. The van der Waals surface area contributed by atoms with Crippen LogP contribution in [0.15, 0.2) is 24.3 Å². The maximum Gasteiger partial charge on any atom is 0.251 e. The number of nitrogens with zero attached hydrogens (tertiary/aromatic N) is 1. The van der Waals surface area contributed by atoms with Gasteiger partial charge in [-0.15, -0.1) is 0 Å². The SMILES string of the molecule is CNc1ccc(C(=O)NCCCCN(C)C)cc1. The van der Waals surface area contributed by atoms with Crippen molar-refractivity contribution in [2.24, 2.45) is 0 Å². The van der Waals surface area contributed by atoms with Crippen molar-refractivity contribution in [3.05, 3.63) is 29.8 Å². The molecule has 0 unspecified atom stereocenters.